The van der Waals surface area contributed by atoms with Crippen molar-refractivity contribution >= 4 is 92.8 Å². The molecule has 0 saturated heterocycles. The summed E-state index contributed by atoms with van der Waals surface area (Å²) in [7, 11) is 0. The molecule has 6 nitrogen and oxygen atoms in total. The molecule has 3 amide bonds. The van der Waals surface area contributed by atoms with Crippen molar-refractivity contribution in [3.63, 3.8) is 0 Å². The van der Waals surface area contributed by atoms with Gasteiger partial charge in [-0.1, -0.05) is 40.9 Å². The maximum absolute atomic E-state index is 15.0. The lowest BCUT2D eigenvalue weighted by Gasteiger charge is -2.22. The lowest BCUT2D eigenvalue weighted by molar-refractivity contribution is -0.272. The SMILES string of the molecule is O=C(Nc1ccc(F)c(NC(=O)C(C(F)(F)F)C(F)(F)F)c1F)c1cc(NC(=O)C2[C@H](c3ccc(Cl)c(Cl)c3)C2(Cl)Cl)ccc1Cl. The van der Waals surface area contributed by atoms with Gasteiger partial charge in [-0.05, 0) is 48.0 Å². The molecule has 0 heterocycles. The monoisotopic (exact) mass is 755 g/mol. The van der Waals surface area contributed by atoms with Gasteiger partial charge in [0.25, 0.3) is 5.91 Å². The van der Waals surface area contributed by atoms with Gasteiger partial charge in [0.05, 0.1) is 32.2 Å². The number of alkyl halides is 8. The molecule has 0 spiro atoms. The van der Waals surface area contributed by atoms with Crippen LogP contribution in [0.3, 0.4) is 0 Å². The Bertz CT molecular complexity index is 1720. The van der Waals surface area contributed by atoms with Crippen LogP contribution in [0.5, 0.6) is 0 Å². The quantitative estimate of drug-likeness (QED) is 0.166. The van der Waals surface area contributed by atoms with E-state index in [4.69, 9.17) is 58.0 Å². The van der Waals surface area contributed by atoms with Gasteiger partial charge in [-0.25, -0.2) is 8.78 Å². The van der Waals surface area contributed by atoms with Crippen LogP contribution in [-0.2, 0) is 9.59 Å². The van der Waals surface area contributed by atoms with Crippen molar-refractivity contribution in [1.82, 2.24) is 0 Å². The number of carbonyl (C=O) groups excluding carboxylic acids is 3. The van der Waals surface area contributed by atoms with Gasteiger partial charge in [0.1, 0.15) is 15.8 Å². The molecule has 4 rings (SSSR count). The number of hydrogen-bond acceptors (Lipinski definition) is 3. The molecule has 19 heteroatoms. The number of carbonyl (C=O) groups is 3. The summed E-state index contributed by atoms with van der Waals surface area (Å²) >= 11 is 30.7. The first-order valence-corrected chi connectivity index (χ1v) is 14.2. The van der Waals surface area contributed by atoms with E-state index < -0.39 is 80.7 Å². The highest BCUT2D eigenvalue weighted by atomic mass is 35.5. The predicted molar refractivity (Wildman–Crippen MR) is 156 cm³/mol. The van der Waals surface area contributed by atoms with E-state index in [0.717, 1.165) is 17.4 Å². The molecule has 0 radical (unpaired) electrons. The molecule has 1 fully saturated rings. The van der Waals surface area contributed by atoms with Crippen LogP contribution < -0.4 is 16.0 Å². The summed E-state index contributed by atoms with van der Waals surface area (Å²) in [6, 6.07) is 8.98. The first kappa shape index (κ1) is 35.8. The second-order valence-electron chi connectivity index (χ2n) is 9.73. The largest absolute Gasteiger partial charge is 0.409 e. The molecule has 1 aliphatic carbocycles. The zero-order valence-corrected chi connectivity index (χ0v) is 25.8. The first-order chi connectivity index (χ1) is 21.1. The average molecular weight is 758 g/mol. The molecular weight excluding hydrogens is 744 g/mol. The minimum Gasteiger partial charge on any atom is -0.326 e. The summed E-state index contributed by atoms with van der Waals surface area (Å²) in [6.07, 6.45) is -12.3. The van der Waals surface area contributed by atoms with Gasteiger partial charge in [-0.2, -0.15) is 26.3 Å². The molecule has 246 valence electrons. The van der Waals surface area contributed by atoms with Crippen LogP contribution in [0.15, 0.2) is 48.5 Å². The molecule has 1 aliphatic rings. The number of hydrogen-bond donors (Lipinski definition) is 3. The molecule has 1 saturated carbocycles. The third-order valence-electron chi connectivity index (χ3n) is 6.62. The standard InChI is InChI=1S/C27H14Cl5F8N3O3/c28-12-4-2-10(41-23(45)18-17(25(18,31)32)9-1-3-13(29)14(30)7-9)8-11(12)22(44)42-16-6-5-15(33)20(19(16)34)43-24(46)21(26(35,36)37)27(38,39)40/h1-8,17-18,21H,(H,41,45)(H,42,44)(H,43,46)/t17-,18?/m0/s1. The Morgan fingerprint density at radius 2 is 1.37 bits per heavy atom. The van der Waals surface area contributed by atoms with Crippen molar-refractivity contribution in [1.29, 1.82) is 0 Å². The van der Waals surface area contributed by atoms with Crippen LogP contribution in [0.4, 0.5) is 52.2 Å². The highest BCUT2D eigenvalue weighted by molar-refractivity contribution is 6.53. The summed E-state index contributed by atoms with van der Waals surface area (Å²) < 4.78 is 105. The van der Waals surface area contributed by atoms with Gasteiger partial charge >= 0.3 is 12.4 Å². The molecule has 0 bridgehead atoms. The van der Waals surface area contributed by atoms with Crippen LogP contribution in [0.2, 0.25) is 15.1 Å². The normalized spacial score (nSPS) is 17.4. The van der Waals surface area contributed by atoms with Crippen LogP contribution >= 0.6 is 58.0 Å². The van der Waals surface area contributed by atoms with E-state index in [9.17, 15) is 45.1 Å². The second-order valence-corrected chi connectivity index (χ2v) is 12.4. The molecule has 46 heavy (non-hydrogen) atoms. The highest BCUT2D eigenvalue weighted by Crippen LogP contribution is 2.65. The molecular formula is C27H14Cl5F8N3O3. The smallest absolute Gasteiger partial charge is 0.326 e. The number of halogens is 13. The summed E-state index contributed by atoms with van der Waals surface area (Å²) in [5.74, 6) is -14.7. The van der Waals surface area contributed by atoms with E-state index in [0.29, 0.717) is 17.7 Å². The molecule has 0 aromatic heterocycles. The average Bonchev–Trinajstić information content (AvgIpc) is 3.50. The van der Waals surface area contributed by atoms with E-state index in [2.05, 4.69) is 5.32 Å². The van der Waals surface area contributed by atoms with Crippen LogP contribution in [0.25, 0.3) is 0 Å². The maximum atomic E-state index is 15.0. The van der Waals surface area contributed by atoms with Crippen molar-refractivity contribution in [2.75, 3.05) is 16.0 Å². The number of rotatable bonds is 7. The zero-order chi connectivity index (χ0) is 34.5. The fourth-order valence-corrected chi connectivity index (χ4v) is 5.74. The van der Waals surface area contributed by atoms with Gasteiger partial charge in [0, 0.05) is 11.6 Å². The Balaban J connectivity index is 1.53. The lowest BCUT2D eigenvalue weighted by Crippen LogP contribution is -2.45. The Labute approximate surface area is 278 Å². The summed E-state index contributed by atoms with van der Waals surface area (Å²) in [4.78, 5) is 37.8. The van der Waals surface area contributed by atoms with Crippen LogP contribution in [-0.4, -0.2) is 34.4 Å². The summed E-state index contributed by atoms with van der Waals surface area (Å²) in [5, 5.41) is 5.56. The summed E-state index contributed by atoms with van der Waals surface area (Å²) in [6.45, 7) is 0. The third kappa shape index (κ3) is 7.41. The summed E-state index contributed by atoms with van der Waals surface area (Å²) in [5.41, 5.74) is -2.58. The third-order valence-corrected chi connectivity index (χ3v) is 8.63. The highest BCUT2D eigenvalue weighted by Gasteiger charge is 2.67. The van der Waals surface area contributed by atoms with Crippen LogP contribution in [0.1, 0.15) is 21.8 Å². The number of benzene rings is 3. The molecule has 3 N–H and O–H groups in total. The van der Waals surface area contributed by atoms with E-state index >= 15 is 4.39 Å². The van der Waals surface area contributed by atoms with Crippen molar-refractivity contribution in [3.05, 3.63) is 86.4 Å². The van der Waals surface area contributed by atoms with Gasteiger partial charge in [-0.3, -0.25) is 14.4 Å². The molecule has 3 aromatic carbocycles. The zero-order valence-electron chi connectivity index (χ0n) is 22.0. The molecule has 0 aliphatic heterocycles. The first-order valence-electron chi connectivity index (χ1n) is 12.3. The van der Waals surface area contributed by atoms with Gasteiger partial charge in [-0.15, -0.1) is 23.2 Å². The predicted octanol–water partition coefficient (Wildman–Crippen LogP) is 9.38. The molecule has 2 atom stereocenters. The Kier molecular flexibility index (Phi) is 10.0. The Hall–Kier alpha value is -3.04. The van der Waals surface area contributed by atoms with Gasteiger partial charge < -0.3 is 16.0 Å². The van der Waals surface area contributed by atoms with E-state index in [1.54, 1.807) is 6.07 Å². The minimum atomic E-state index is -6.14. The van der Waals surface area contributed by atoms with Gasteiger partial charge in [0.15, 0.2) is 5.82 Å². The lowest BCUT2D eigenvalue weighted by atomic mass is 10.1. The Morgan fingerprint density at radius 1 is 0.761 bits per heavy atom. The molecule has 1 unspecified atom stereocenters. The van der Waals surface area contributed by atoms with Crippen LogP contribution in [0, 0.1) is 23.5 Å². The number of anilines is 3. The van der Waals surface area contributed by atoms with Crippen molar-refractivity contribution in [2.24, 2.45) is 11.8 Å². The Morgan fingerprint density at radius 3 is 1.96 bits per heavy atom. The van der Waals surface area contributed by atoms with Crippen molar-refractivity contribution in [2.45, 2.75) is 22.6 Å². The van der Waals surface area contributed by atoms with Gasteiger partial charge in [0.2, 0.25) is 17.7 Å². The molecule has 3 aromatic rings. The maximum Gasteiger partial charge on any atom is 0.409 e. The van der Waals surface area contributed by atoms with E-state index in [-0.39, 0.29) is 20.8 Å². The van der Waals surface area contributed by atoms with E-state index in [1.165, 1.54) is 18.2 Å². The van der Waals surface area contributed by atoms with Crippen molar-refractivity contribution in [3.8, 4) is 0 Å². The van der Waals surface area contributed by atoms with Crippen molar-refractivity contribution < 1.29 is 49.5 Å². The number of amides is 3. The minimum absolute atomic E-state index is 0.0265. The fourth-order valence-electron chi connectivity index (χ4n) is 4.40. The fraction of sp³-hybridized carbons (Fsp3) is 0.222. The second kappa shape index (κ2) is 12.9. The van der Waals surface area contributed by atoms with E-state index in [1.807, 2.05) is 5.32 Å². The number of nitrogens with one attached hydrogen (secondary N) is 3. The topological polar surface area (TPSA) is 87.3 Å².